The molecule has 12 nitrogen and oxygen atoms in total. The summed E-state index contributed by atoms with van der Waals surface area (Å²) in [6.07, 6.45) is 5.60. The lowest BCUT2D eigenvalue weighted by atomic mass is 10.0. The Morgan fingerprint density at radius 3 is 2.94 bits per heavy atom. The number of thioether (sulfide) groups is 1. The molecule has 0 saturated carbocycles. The zero-order chi connectivity index (χ0) is 23.3. The third-order valence-electron chi connectivity index (χ3n) is 6.16. The number of hydrogen-bond donors (Lipinski definition) is 4. The van der Waals surface area contributed by atoms with E-state index < -0.39 is 29.2 Å². The van der Waals surface area contributed by atoms with E-state index in [1.165, 1.54) is 22.0 Å². The van der Waals surface area contributed by atoms with Crippen molar-refractivity contribution in [2.75, 3.05) is 24.6 Å². The maximum atomic E-state index is 12.9. The number of nitrogens with two attached hydrogens (primary N) is 1. The molecule has 5 rings (SSSR count). The number of thiazole rings is 1. The first-order chi connectivity index (χ1) is 15.8. The van der Waals surface area contributed by atoms with Crippen molar-refractivity contribution in [3.63, 3.8) is 0 Å². The molecule has 2 fully saturated rings. The van der Waals surface area contributed by atoms with E-state index in [4.69, 9.17) is 5.73 Å². The quantitative estimate of drug-likeness (QED) is 0.143. The third-order valence-corrected chi connectivity index (χ3v) is 8.18. The van der Waals surface area contributed by atoms with Gasteiger partial charge in [-0.3, -0.25) is 14.5 Å². The van der Waals surface area contributed by atoms with Crippen LogP contribution in [0.4, 0.5) is 5.13 Å². The van der Waals surface area contributed by atoms with E-state index in [0.717, 1.165) is 36.4 Å². The van der Waals surface area contributed by atoms with Crippen molar-refractivity contribution < 1.29 is 29.2 Å². The first kappa shape index (κ1) is 21.6. The predicted molar refractivity (Wildman–Crippen MR) is 120 cm³/mol. The number of aliphatic imine (C=N–C) groups is 1. The van der Waals surface area contributed by atoms with Crippen molar-refractivity contribution in [2.24, 2.45) is 10.1 Å². The van der Waals surface area contributed by atoms with Crippen LogP contribution in [-0.4, -0.2) is 84.8 Å². The average Bonchev–Trinajstić information content (AvgIpc) is 3.48. The first-order valence-electron chi connectivity index (χ1n) is 10.1. The summed E-state index contributed by atoms with van der Waals surface area (Å²) in [4.78, 5) is 47.1. The smallest absolute Gasteiger partial charge is 0.352 e. The van der Waals surface area contributed by atoms with Crippen LogP contribution in [0.25, 0.3) is 0 Å². The summed E-state index contributed by atoms with van der Waals surface area (Å²) < 4.78 is 0.507. The van der Waals surface area contributed by atoms with E-state index in [9.17, 15) is 24.7 Å². The van der Waals surface area contributed by atoms with E-state index in [1.807, 2.05) is 12.5 Å². The first-order valence-corrected chi connectivity index (χ1v) is 12.0. The van der Waals surface area contributed by atoms with E-state index in [0.29, 0.717) is 22.4 Å². The van der Waals surface area contributed by atoms with Crippen LogP contribution >= 0.6 is 23.1 Å². The van der Waals surface area contributed by atoms with Crippen LogP contribution in [0.5, 0.6) is 0 Å². The van der Waals surface area contributed by atoms with Gasteiger partial charge in [0.2, 0.25) is 0 Å². The topological polar surface area (TPSA) is 171 Å². The molecule has 5 N–H and O–H groups in total. The van der Waals surface area contributed by atoms with Gasteiger partial charge in [0, 0.05) is 29.5 Å². The summed E-state index contributed by atoms with van der Waals surface area (Å²) in [5.41, 5.74) is 7.06. The molecule has 1 unspecified atom stereocenters. The Hall–Kier alpha value is -3.23. The highest BCUT2D eigenvalue weighted by Gasteiger charge is 2.55. The fourth-order valence-corrected chi connectivity index (χ4v) is 6.54. The third kappa shape index (κ3) is 3.41. The molecule has 0 radical (unpaired) electrons. The number of hydrogen-bond acceptors (Lipinski definition) is 10. The van der Waals surface area contributed by atoms with Crippen molar-refractivity contribution in [2.45, 2.75) is 24.3 Å². The Kier molecular flexibility index (Phi) is 5.22. The molecule has 4 aliphatic rings. The van der Waals surface area contributed by atoms with E-state index in [2.05, 4.69) is 20.4 Å². The van der Waals surface area contributed by atoms with Crippen LogP contribution in [0, 0.1) is 0 Å². The van der Waals surface area contributed by atoms with Gasteiger partial charge in [-0.25, -0.2) is 19.3 Å². The number of oxime groups is 1. The number of amides is 2. The van der Waals surface area contributed by atoms with Crippen LogP contribution < -0.4 is 11.1 Å². The molecule has 1 aromatic rings. The summed E-state index contributed by atoms with van der Waals surface area (Å²) in [7, 11) is 0. The standard InChI is InChI=1S/C19H19N7O5S2/c20-19-22-11(7-33-19)12(24-31)15(27)23-13-16(28)25-14(18(29)30)9(6-32-17(13)25)5-26-3-1-2-10(26)4-21-8-26/h4,7-8,13,17H,1-3,5-6H2,(H4-,20,22,23,27,29,30,31)/p+1/t13-,17-,26?/m1/s1. The zero-order valence-electron chi connectivity index (χ0n) is 17.2. The van der Waals surface area contributed by atoms with E-state index >= 15 is 0 Å². The van der Waals surface area contributed by atoms with Gasteiger partial charge in [0.05, 0.1) is 12.7 Å². The Balaban J connectivity index is 1.35. The molecule has 0 bridgehead atoms. The van der Waals surface area contributed by atoms with Crippen molar-refractivity contribution in [1.82, 2.24) is 15.2 Å². The number of rotatable bonds is 6. The molecule has 1 aromatic heterocycles. The Bertz CT molecular complexity index is 1190. The van der Waals surface area contributed by atoms with Gasteiger partial charge in [-0.05, 0) is 0 Å². The molecule has 0 aliphatic carbocycles. The largest absolute Gasteiger partial charge is 0.477 e. The monoisotopic (exact) mass is 490 g/mol. The number of carbonyl (C=O) groups is 3. The fraction of sp³-hybridized carbons (Fsp3) is 0.368. The minimum absolute atomic E-state index is 0.0309. The minimum Gasteiger partial charge on any atom is -0.477 e. The number of anilines is 1. The van der Waals surface area contributed by atoms with Gasteiger partial charge in [-0.2, -0.15) is 0 Å². The molecule has 14 heteroatoms. The molecule has 2 amide bonds. The summed E-state index contributed by atoms with van der Waals surface area (Å²) in [5, 5.41) is 25.8. The number of nitrogen functional groups attached to an aromatic ring is 1. The van der Waals surface area contributed by atoms with Crippen LogP contribution in [-0.2, 0) is 14.4 Å². The van der Waals surface area contributed by atoms with Crippen LogP contribution in [0.1, 0.15) is 18.5 Å². The second-order valence-corrected chi connectivity index (χ2v) is 10.0. The number of nitrogens with zero attached hydrogens (tertiary/aromatic N) is 5. The van der Waals surface area contributed by atoms with Gasteiger partial charge in [0.25, 0.3) is 11.8 Å². The molecule has 3 atom stereocenters. The summed E-state index contributed by atoms with van der Waals surface area (Å²) in [6, 6.07) is -0.950. The minimum atomic E-state index is -1.18. The number of fused-ring (bicyclic) bond motifs is 2. The van der Waals surface area contributed by atoms with Crippen molar-refractivity contribution in [3.8, 4) is 0 Å². The molecular formula is C19H20N7O5S2+. The van der Waals surface area contributed by atoms with Gasteiger partial charge >= 0.3 is 5.97 Å². The summed E-state index contributed by atoms with van der Waals surface area (Å²) >= 11 is 2.46. The normalized spacial score (nSPS) is 28.4. The summed E-state index contributed by atoms with van der Waals surface area (Å²) in [5.74, 6) is -2.10. The van der Waals surface area contributed by atoms with Gasteiger partial charge in [0.15, 0.2) is 17.2 Å². The van der Waals surface area contributed by atoms with Crippen molar-refractivity contribution in [3.05, 3.63) is 34.2 Å². The van der Waals surface area contributed by atoms with E-state index in [-0.39, 0.29) is 22.2 Å². The number of β-lactam (4-membered cyclic amide) rings is 1. The lowest BCUT2D eigenvalue weighted by Gasteiger charge is -2.49. The number of carbonyl (C=O) groups excluding carboxylic acids is 2. The summed E-state index contributed by atoms with van der Waals surface area (Å²) in [6.45, 7) is 1.29. The number of aromatic nitrogens is 1. The Labute approximate surface area is 195 Å². The predicted octanol–water partition coefficient (Wildman–Crippen LogP) is 0.136. The highest BCUT2D eigenvalue weighted by Crippen LogP contribution is 2.42. The second kappa shape index (κ2) is 7.97. The molecule has 5 heterocycles. The van der Waals surface area contributed by atoms with Crippen molar-refractivity contribution in [1.29, 1.82) is 0 Å². The zero-order valence-corrected chi connectivity index (χ0v) is 18.8. The molecule has 2 saturated heterocycles. The average molecular weight is 491 g/mol. The maximum Gasteiger partial charge on any atom is 0.352 e. The second-order valence-electron chi connectivity index (χ2n) is 8.04. The molecule has 0 spiro atoms. The SMILES string of the molecule is Nc1nc(/C(=N\O)C(=O)N[C@@H]2C(=O)N3C(C(=O)O)=C(C[N+]45C=NC=C4CCC5)CS[C@H]23)cs1. The number of aliphatic carboxylic acids is 1. The molecule has 4 aliphatic heterocycles. The van der Waals surface area contributed by atoms with E-state index in [1.54, 1.807) is 0 Å². The molecule has 33 heavy (non-hydrogen) atoms. The van der Waals surface area contributed by atoms with Gasteiger partial charge < -0.3 is 21.4 Å². The van der Waals surface area contributed by atoms with Crippen LogP contribution in [0.15, 0.2) is 38.7 Å². The van der Waals surface area contributed by atoms with Gasteiger partial charge in [0.1, 0.15) is 35.0 Å². The number of carboxylic acid groups (broad SMARTS) is 1. The molecule has 0 aromatic carbocycles. The highest BCUT2D eigenvalue weighted by molar-refractivity contribution is 8.00. The van der Waals surface area contributed by atoms with Gasteiger partial charge in [-0.15, -0.1) is 23.1 Å². The highest BCUT2D eigenvalue weighted by atomic mass is 32.2. The molecular weight excluding hydrogens is 470 g/mol. The van der Waals surface area contributed by atoms with Crippen molar-refractivity contribution >= 4 is 58.1 Å². The Morgan fingerprint density at radius 2 is 2.24 bits per heavy atom. The number of allylic oxidation sites excluding steroid dienone is 1. The molecule has 172 valence electrons. The van der Waals surface area contributed by atoms with Gasteiger partial charge in [-0.1, -0.05) is 5.16 Å². The Morgan fingerprint density at radius 1 is 1.42 bits per heavy atom. The van der Waals surface area contributed by atoms with Crippen LogP contribution in [0.3, 0.4) is 0 Å². The number of carboxylic acids is 1. The number of quaternary nitrogens is 1. The fourth-order valence-electron chi connectivity index (χ4n) is 4.65. The van der Waals surface area contributed by atoms with Crippen LogP contribution in [0.2, 0.25) is 0 Å². The lowest BCUT2D eigenvalue weighted by Crippen LogP contribution is -2.71. The number of nitrogens with one attached hydrogen (secondary N) is 1. The lowest BCUT2D eigenvalue weighted by molar-refractivity contribution is -0.777. The maximum absolute atomic E-state index is 12.9.